The fourth-order valence-corrected chi connectivity index (χ4v) is 3.18. The van der Waals surface area contributed by atoms with Gasteiger partial charge in [0, 0.05) is 25.5 Å². The van der Waals surface area contributed by atoms with Gasteiger partial charge < -0.3 is 19.6 Å². The molecule has 0 aliphatic heterocycles. The van der Waals surface area contributed by atoms with E-state index in [-0.39, 0.29) is 17.7 Å². The number of benzene rings is 1. The van der Waals surface area contributed by atoms with Crippen LogP contribution in [0.2, 0.25) is 0 Å². The van der Waals surface area contributed by atoms with E-state index in [0.29, 0.717) is 18.8 Å². The van der Waals surface area contributed by atoms with Gasteiger partial charge in [0.1, 0.15) is 16.9 Å². The molecule has 2 heterocycles. The standard InChI is InChI=1S/C24H27N3O4/c1-3-4-11-25-23(29)20-15-27(14-19-10-7-12-31-19)16-21(22(20)28)24(30)26-13-18-9-6-5-8-17(18)2/h5-10,12,15-16H,3-4,11,13-14H2,1-2H3,(H,25,29)(H,26,30). The van der Waals surface area contributed by atoms with Crippen LogP contribution >= 0.6 is 0 Å². The number of aromatic nitrogens is 1. The number of rotatable bonds is 9. The number of carbonyl (C=O) groups is 2. The van der Waals surface area contributed by atoms with E-state index in [1.165, 1.54) is 12.4 Å². The maximum atomic E-state index is 13.0. The van der Waals surface area contributed by atoms with Gasteiger partial charge in [0.25, 0.3) is 11.8 Å². The van der Waals surface area contributed by atoms with E-state index in [0.717, 1.165) is 24.0 Å². The molecular formula is C24H27N3O4. The molecule has 7 heteroatoms. The Labute approximate surface area is 181 Å². The van der Waals surface area contributed by atoms with Crippen molar-refractivity contribution in [1.29, 1.82) is 0 Å². The first-order valence-electron chi connectivity index (χ1n) is 10.4. The van der Waals surface area contributed by atoms with Gasteiger partial charge in [-0.3, -0.25) is 14.4 Å². The van der Waals surface area contributed by atoms with Gasteiger partial charge in [-0.15, -0.1) is 0 Å². The third kappa shape index (κ3) is 5.72. The average Bonchev–Trinajstić information content (AvgIpc) is 3.27. The summed E-state index contributed by atoms with van der Waals surface area (Å²) in [4.78, 5) is 38.4. The second-order valence-electron chi connectivity index (χ2n) is 7.38. The van der Waals surface area contributed by atoms with Crippen LogP contribution in [0.1, 0.15) is 57.4 Å². The number of hydrogen-bond acceptors (Lipinski definition) is 4. The number of nitrogens with zero attached hydrogens (tertiary/aromatic N) is 1. The van der Waals surface area contributed by atoms with E-state index in [2.05, 4.69) is 10.6 Å². The summed E-state index contributed by atoms with van der Waals surface area (Å²) in [6.45, 7) is 5.02. The predicted molar refractivity (Wildman–Crippen MR) is 118 cm³/mol. The monoisotopic (exact) mass is 421 g/mol. The Kier molecular flexibility index (Phi) is 7.43. The highest BCUT2D eigenvalue weighted by molar-refractivity contribution is 5.99. The molecule has 3 aromatic rings. The summed E-state index contributed by atoms with van der Waals surface area (Å²) in [7, 11) is 0. The summed E-state index contributed by atoms with van der Waals surface area (Å²) in [6.07, 6.45) is 6.20. The first kappa shape index (κ1) is 22.1. The van der Waals surface area contributed by atoms with Crippen molar-refractivity contribution in [2.24, 2.45) is 0 Å². The summed E-state index contributed by atoms with van der Waals surface area (Å²) < 4.78 is 6.99. The van der Waals surface area contributed by atoms with Crippen LogP contribution in [-0.2, 0) is 13.1 Å². The summed E-state index contributed by atoms with van der Waals surface area (Å²) in [5, 5.41) is 5.54. The zero-order valence-corrected chi connectivity index (χ0v) is 17.8. The van der Waals surface area contributed by atoms with Gasteiger partial charge in [-0.05, 0) is 36.6 Å². The molecule has 0 fully saturated rings. The molecule has 2 aromatic heterocycles. The SMILES string of the molecule is CCCCNC(=O)c1cn(Cc2ccco2)cc(C(=O)NCc2ccccc2C)c1=O. The summed E-state index contributed by atoms with van der Waals surface area (Å²) in [5.41, 5.74) is 1.27. The lowest BCUT2D eigenvalue weighted by molar-refractivity contribution is 0.0948. The molecule has 0 spiro atoms. The molecular weight excluding hydrogens is 394 g/mol. The van der Waals surface area contributed by atoms with E-state index in [1.807, 2.05) is 38.1 Å². The van der Waals surface area contributed by atoms with Gasteiger partial charge in [-0.1, -0.05) is 37.6 Å². The zero-order valence-electron chi connectivity index (χ0n) is 17.8. The number of unbranched alkanes of at least 4 members (excludes halogenated alkanes) is 1. The van der Waals surface area contributed by atoms with Gasteiger partial charge in [-0.25, -0.2) is 0 Å². The van der Waals surface area contributed by atoms with Crippen molar-refractivity contribution in [1.82, 2.24) is 15.2 Å². The molecule has 0 saturated carbocycles. The minimum absolute atomic E-state index is 0.0637. The van der Waals surface area contributed by atoms with E-state index >= 15 is 0 Å². The third-order valence-electron chi connectivity index (χ3n) is 5.00. The van der Waals surface area contributed by atoms with Crippen LogP contribution in [0.3, 0.4) is 0 Å². The normalized spacial score (nSPS) is 10.6. The van der Waals surface area contributed by atoms with Crippen LogP contribution in [0.4, 0.5) is 0 Å². The lowest BCUT2D eigenvalue weighted by Gasteiger charge is -2.12. The summed E-state index contributed by atoms with van der Waals surface area (Å²) in [6, 6.07) is 11.2. The minimum atomic E-state index is -0.591. The fourth-order valence-electron chi connectivity index (χ4n) is 3.18. The second-order valence-corrected chi connectivity index (χ2v) is 7.38. The van der Waals surface area contributed by atoms with Crippen molar-refractivity contribution in [3.63, 3.8) is 0 Å². The molecule has 7 nitrogen and oxygen atoms in total. The van der Waals surface area contributed by atoms with Gasteiger partial charge in [0.2, 0.25) is 5.43 Å². The predicted octanol–water partition coefficient (Wildman–Crippen LogP) is 3.26. The Morgan fingerprint density at radius 3 is 2.35 bits per heavy atom. The number of carbonyl (C=O) groups excluding carboxylic acids is 2. The number of aryl methyl sites for hydroxylation is 1. The smallest absolute Gasteiger partial charge is 0.257 e. The number of hydrogen-bond donors (Lipinski definition) is 2. The maximum Gasteiger partial charge on any atom is 0.257 e. The molecule has 31 heavy (non-hydrogen) atoms. The van der Waals surface area contributed by atoms with E-state index in [9.17, 15) is 14.4 Å². The highest BCUT2D eigenvalue weighted by Crippen LogP contribution is 2.09. The van der Waals surface area contributed by atoms with Crippen molar-refractivity contribution in [2.75, 3.05) is 6.54 Å². The number of furan rings is 1. The minimum Gasteiger partial charge on any atom is -0.467 e. The van der Waals surface area contributed by atoms with Crippen molar-refractivity contribution < 1.29 is 14.0 Å². The molecule has 0 bridgehead atoms. The zero-order chi connectivity index (χ0) is 22.2. The van der Waals surface area contributed by atoms with Crippen molar-refractivity contribution in [3.8, 4) is 0 Å². The summed E-state index contributed by atoms with van der Waals surface area (Å²) in [5.74, 6) is -0.364. The molecule has 1 aromatic carbocycles. The van der Waals surface area contributed by atoms with E-state index < -0.39 is 17.2 Å². The van der Waals surface area contributed by atoms with Crippen LogP contribution in [0, 0.1) is 6.92 Å². The van der Waals surface area contributed by atoms with Crippen LogP contribution in [-0.4, -0.2) is 22.9 Å². The summed E-state index contributed by atoms with van der Waals surface area (Å²) >= 11 is 0. The lowest BCUT2D eigenvalue weighted by atomic mass is 10.1. The first-order valence-corrected chi connectivity index (χ1v) is 10.4. The van der Waals surface area contributed by atoms with Crippen molar-refractivity contribution in [3.05, 3.63) is 93.3 Å². The molecule has 2 N–H and O–H groups in total. The molecule has 162 valence electrons. The molecule has 0 atom stereocenters. The van der Waals surface area contributed by atoms with Crippen molar-refractivity contribution >= 4 is 11.8 Å². The largest absolute Gasteiger partial charge is 0.467 e. The Morgan fingerprint density at radius 1 is 1.00 bits per heavy atom. The quantitative estimate of drug-likeness (QED) is 0.519. The number of nitrogens with one attached hydrogen (secondary N) is 2. The topological polar surface area (TPSA) is 93.3 Å². The van der Waals surface area contributed by atoms with E-state index in [1.54, 1.807) is 23.0 Å². The number of pyridine rings is 1. The van der Waals surface area contributed by atoms with Crippen LogP contribution in [0.5, 0.6) is 0 Å². The van der Waals surface area contributed by atoms with Crippen molar-refractivity contribution in [2.45, 2.75) is 39.8 Å². The molecule has 0 aliphatic carbocycles. The van der Waals surface area contributed by atoms with Crippen LogP contribution < -0.4 is 16.1 Å². The molecule has 0 saturated heterocycles. The Bertz CT molecular complexity index is 1100. The van der Waals surface area contributed by atoms with Gasteiger partial charge in [-0.2, -0.15) is 0 Å². The second kappa shape index (κ2) is 10.4. The molecule has 2 amide bonds. The fraction of sp³-hybridized carbons (Fsp3) is 0.292. The van der Waals surface area contributed by atoms with Gasteiger partial charge >= 0.3 is 0 Å². The average molecular weight is 421 g/mol. The first-order chi connectivity index (χ1) is 15.0. The van der Waals surface area contributed by atoms with E-state index in [4.69, 9.17) is 4.42 Å². The van der Waals surface area contributed by atoms with Gasteiger partial charge in [0.15, 0.2) is 0 Å². The Morgan fingerprint density at radius 2 is 1.71 bits per heavy atom. The molecule has 0 unspecified atom stereocenters. The number of amides is 2. The highest BCUT2D eigenvalue weighted by atomic mass is 16.3. The Balaban J connectivity index is 1.88. The molecule has 3 rings (SSSR count). The van der Waals surface area contributed by atoms with Crippen LogP contribution in [0.15, 0.2) is 64.3 Å². The highest BCUT2D eigenvalue weighted by Gasteiger charge is 2.19. The maximum absolute atomic E-state index is 13.0. The molecule has 0 aliphatic rings. The third-order valence-corrected chi connectivity index (χ3v) is 5.00. The lowest BCUT2D eigenvalue weighted by Crippen LogP contribution is -2.35. The Hall–Kier alpha value is -3.61. The van der Waals surface area contributed by atoms with Crippen LogP contribution in [0.25, 0.3) is 0 Å². The van der Waals surface area contributed by atoms with Gasteiger partial charge in [0.05, 0.1) is 12.8 Å². The molecule has 0 radical (unpaired) electrons.